The second kappa shape index (κ2) is 8.35. The molecule has 2 heterocycles. The summed E-state index contributed by atoms with van der Waals surface area (Å²) in [5.41, 5.74) is 9.35. The van der Waals surface area contributed by atoms with Crippen molar-refractivity contribution in [1.82, 2.24) is 9.97 Å². The van der Waals surface area contributed by atoms with E-state index in [1.165, 1.54) is 22.3 Å². The number of rotatable bonds is 3. The monoisotopic (exact) mass is 420 g/mol. The van der Waals surface area contributed by atoms with Crippen LogP contribution in [0.4, 0.5) is 0 Å². The van der Waals surface area contributed by atoms with E-state index in [4.69, 9.17) is 9.97 Å². The average molecular weight is 421 g/mol. The molecule has 0 atom stereocenters. The molecular formula is C30H32N2. The molecule has 0 amide bonds. The quantitative estimate of drug-likeness (QED) is 0.335. The smallest absolute Gasteiger partial charge is 0.0708 e. The standard InChI is InChI=1S/C30H32N2/c1-29(2,3)21-13-15-23(25(19-21)27-11-7-9-17-31-27)24-16-14-22(30(4,5)6)20-26(24)28-12-8-10-18-32-28/h7-20H,1-6H3. The van der Waals surface area contributed by atoms with Gasteiger partial charge in [-0.15, -0.1) is 0 Å². The number of hydrogen-bond donors (Lipinski definition) is 0. The molecule has 0 aliphatic rings. The maximum absolute atomic E-state index is 4.70. The van der Waals surface area contributed by atoms with Crippen LogP contribution in [0.5, 0.6) is 0 Å². The van der Waals surface area contributed by atoms with Crippen molar-refractivity contribution in [2.45, 2.75) is 52.4 Å². The third-order valence-electron chi connectivity index (χ3n) is 5.94. The minimum absolute atomic E-state index is 0.0575. The molecule has 0 fully saturated rings. The van der Waals surface area contributed by atoms with E-state index >= 15 is 0 Å². The molecular weight excluding hydrogens is 388 g/mol. The zero-order valence-electron chi connectivity index (χ0n) is 20.0. The Morgan fingerprint density at radius 1 is 0.469 bits per heavy atom. The molecule has 4 rings (SSSR count). The molecule has 0 spiro atoms. The van der Waals surface area contributed by atoms with Gasteiger partial charge in [0.05, 0.1) is 11.4 Å². The maximum Gasteiger partial charge on any atom is 0.0708 e. The summed E-state index contributed by atoms with van der Waals surface area (Å²) in [6.45, 7) is 13.5. The fraction of sp³-hybridized carbons (Fsp3) is 0.267. The molecule has 0 saturated heterocycles. The molecule has 0 bridgehead atoms. The lowest BCUT2D eigenvalue weighted by Crippen LogP contribution is -2.12. The van der Waals surface area contributed by atoms with Gasteiger partial charge in [-0.3, -0.25) is 9.97 Å². The van der Waals surface area contributed by atoms with Crippen molar-refractivity contribution < 1.29 is 0 Å². The normalized spacial score (nSPS) is 12.1. The largest absolute Gasteiger partial charge is 0.256 e. The van der Waals surface area contributed by atoms with Gasteiger partial charge < -0.3 is 0 Å². The van der Waals surface area contributed by atoms with Gasteiger partial charge in [-0.2, -0.15) is 0 Å². The molecule has 4 aromatic rings. The summed E-state index contributed by atoms with van der Waals surface area (Å²) < 4.78 is 0. The Labute approximate surface area is 192 Å². The van der Waals surface area contributed by atoms with E-state index in [9.17, 15) is 0 Å². The molecule has 32 heavy (non-hydrogen) atoms. The minimum Gasteiger partial charge on any atom is -0.256 e. The van der Waals surface area contributed by atoms with Gasteiger partial charge in [-0.25, -0.2) is 0 Å². The van der Waals surface area contributed by atoms with E-state index in [0.717, 1.165) is 22.5 Å². The average Bonchev–Trinajstić information content (AvgIpc) is 2.78. The Bertz CT molecular complexity index is 1110. The SMILES string of the molecule is CC(C)(C)c1ccc(-c2ccc(C(C)(C)C)cc2-c2ccccn2)c(-c2ccccn2)c1. The summed E-state index contributed by atoms with van der Waals surface area (Å²) >= 11 is 0. The van der Waals surface area contributed by atoms with Crippen molar-refractivity contribution in [2.75, 3.05) is 0 Å². The molecule has 0 N–H and O–H groups in total. The molecule has 0 aliphatic carbocycles. The Morgan fingerprint density at radius 3 is 1.19 bits per heavy atom. The molecule has 0 unspecified atom stereocenters. The van der Waals surface area contributed by atoms with E-state index in [1.807, 2.05) is 24.5 Å². The van der Waals surface area contributed by atoms with Gasteiger partial charge in [0.1, 0.15) is 0 Å². The van der Waals surface area contributed by atoms with Crippen LogP contribution in [0.1, 0.15) is 52.7 Å². The van der Waals surface area contributed by atoms with E-state index in [2.05, 4.69) is 102 Å². The third-order valence-corrected chi connectivity index (χ3v) is 5.94. The summed E-state index contributed by atoms with van der Waals surface area (Å²) in [5.74, 6) is 0. The highest BCUT2D eigenvalue weighted by Crippen LogP contribution is 2.41. The first-order valence-electron chi connectivity index (χ1n) is 11.3. The number of pyridine rings is 2. The fourth-order valence-corrected chi connectivity index (χ4v) is 3.96. The maximum atomic E-state index is 4.70. The molecule has 2 aromatic carbocycles. The van der Waals surface area contributed by atoms with E-state index in [1.54, 1.807) is 0 Å². The van der Waals surface area contributed by atoms with Gasteiger partial charge >= 0.3 is 0 Å². The van der Waals surface area contributed by atoms with Gasteiger partial charge in [0.15, 0.2) is 0 Å². The van der Waals surface area contributed by atoms with Crippen molar-refractivity contribution in [2.24, 2.45) is 0 Å². The molecule has 0 radical (unpaired) electrons. The second-order valence-electron chi connectivity index (χ2n) is 10.5. The molecule has 0 saturated carbocycles. The highest BCUT2D eigenvalue weighted by atomic mass is 14.7. The van der Waals surface area contributed by atoms with Crippen LogP contribution in [0.3, 0.4) is 0 Å². The Morgan fingerprint density at radius 2 is 0.875 bits per heavy atom. The van der Waals surface area contributed by atoms with Crippen LogP contribution in [-0.2, 0) is 10.8 Å². The minimum atomic E-state index is 0.0575. The van der Waals surface area contributed by atoms with Gasteiger partial charge in [0.2, 0.25) is 0 Å². The molecule has 0 aliphatic heterocycles. The second-order valence-corrected chi connectivity index (χ2v) is 10.5. The van der Waals surface area contributed by atoms with Crippen molar-refractivity contribution in [3.63, 3.8) is 0 Å². The van der Waals surface area contributed by atoms with Crippen LogP contribution in [-0.4, -0.2) is 9.97 Å². The molecule has 162 valence electrons. The lowest BCUT2D eigenvalue weighted by molar-refractivity contribution is 0.590. The lowest BCUT2D eigenvalue weighted by atomic mass is 9.81. The Hall–Kier alpha value is -3.26. The first-order chi connectivity index (χ1) is 15.1. The van der Waals surface area contributed by atoms with Gasteiger partial charge in [-0.05, 0) is 69.5 Å². The summed E-state index contributed by atoms with van der Waals surface area (Å²) in [6.07, 6.45) is 3.73. The van der Waals surface area contributed by atoms with Crippen LogP contribution in [0.25, 0.3) is 33.6 Å². The molecule has 2 aromatic heterocycles. The molecule has 2 heteroatoms. The van der Waals surface area contributed by atoms with Crippen LogP contribution in [0.2, 0.25) is 0 Å². The van der Waals surface area contributed by atoms with Gasteiger partial charge in [-0.1, -0.05) is 77.9 Å². The summed E-state index contributed by atoms with van der Waals surface area (Å²) in [6, 6.07) is 25.8. The van der Waals surface area contributed by atoms with E-state index in [0.29, 0.717) is 0 Å². The summed E-state index contributed by atoms with van der Waals surface area (Å²) in [4.78, 5) is 9.40. The lowest BCUT2D eigenvalue weighted by Gasteiger charge is -2.24. The van der Waals surface area contributed by atoms with Crippen molar-refractivity contribution >= 4 is 0 Å². The van der Waals surface area contributed by atoms with Gasteiger partial charge in [0, 0.05) is 23.5 Å². The fourth-order valence-electron chi connectivity index (χ4n) is 3.96. The number of hydrogen-bond acceptors (Lipinski definition) is 2. The zero-order chi connectivity index (χ0) is 22.9. The number of benzene rings is 2. The van der Waals surface area contributed by atoms with E-state index < -0.39 is 0 Å². The van der Waals surface area contributed by atoms with Crippen LogP contribution < -0.4 is 0 Å². The van der Waals surface area contributed by atoms with Crippen LogP contribution >= 0.6 is 0 Å². The number of aromatic nitrogens is 2. The van der Waals surface area contributed by atoms with Gasteiger partial charge in [0.25, 0.3) is 0 Å². The van der Waals surface area contributed by atoms with Crippen LogP contribution in [0.15, 0.2) is 85.2 Å². The predicted molar refractivity (Wildman–Crippen MR) is 136 cm³/mol. The van der Waals surface area contributed by atoms with Crippen molar-refractivity contribution in [3.8, 4) is 33.6 Å². The van der Waals surface area contributed by atoms with E-state index in [-0.39, 0.29) is 10.8 Å². The first-order valence-corrected chi connectivity index (χ1v) is 11.3. The predicted octanol–water partition coefficient (Wildman–Crippen LogP) is 8.07. The first kappa shape index (κ1) is 22.0. The van der Waals surface area contributed by atoms with Crippen LogP contribution in [0, 0.1) is 0 Å². The summed E-state index contributed by atoms with van der Waals surface area (Å²) in [5, 5.41) is 0. The van der Waals surface area contributed by atoms with Crippen molar-refractivity contribution in [1.29, 1.82) is 0 Å². The van der Waals surface area contributed by atoms with Crippen molar-refractivity contribution in [3.05, 3.63) is 96.3 Å². The Balaban J connectivity index is 2.01. The number of nitrogens with zero attached hydrogens (tertiary/aromatic N) is 2. The topological polar surface area (TPSA) is 25.8 Å². The Kier molecular flexibility index (Phi) is 5.73. The molecule has 2 nitrogen and oxygen atoms in total. The zero-order valence-corrected chi connectivity index (χ0v) is 20.0. The summed E-state index contributed by atoms with van der Waals surface area (Å²) in [7, 11) is 0. The highest BCUT2D eigenvalue weighted by molar-refractivity contribution is 5.90. The highest BCUT2D eigenvalue weighted by Gasteiger charge is 2.21. The third kappa shape index (κ3) is 4.50.